The van der Waals surface area contributed by atoms with E-state index in [9.17, 15) is 9.59 Å². The molecular weight excluding hydrogens is 304 g/mol. The summed E-state index contributed by atoms with van der Waals surface area (Å²) >= 11 is 0. The number of nitrogens with zero attached hydrogens (tertiary/aromatic N) is 2. The average Bonchev–Trinajstić information content (AvgIpc) is 3.05. The van der Waals surface area contributed by atoms with Gasteiger partial charge in [0, 0.05) is 30.9 Å². The lowest BCUT2D eigenvalue weighted by molar-refractivity contribution is -0.133. The summed E-state index contributed by atoms with van der Waals surface area (Å²) in [5.74, 6) is 0.0433. The molecule has 0 aromatic carbocycles. The molecule has 6 heteroatoms. The molecule has 0 spiro atoms. The van der Waals surface area contributed by atoms with Crippen LogP contribution in [0.15, 0.2) is 18.7 Å². The van der Waals surface area contributed by atoms with Gasteiger partial charge in [0.2, 0.25) is 11.8 Å². The minimum atomic E-state index is -0.482. The molecule has 24 heavy (non-hydrogen) atoms. The molecule has 2 amide bonds. The summed E-state index contributed by atoms with van der Waals surface area (Å²) < 4.78 is 1.93. The fourth-order valence-electron chi connectivity index (χ4n) is 3.26. The van der Waals surface area contributed by atoms with E-state index in [1.54, 1.807) is 12.5 Å². The van der Waals surface area contributed by atoms with Crippen molar-refractivity contribution in [1.82, 2.24) is 20.2 Å². The number of carbonyl (C=O) groups is 2. The van der Waals surface area contributed by atoms with Gasteiger partial charge in [-0.2, -0.15) is 0 Å². The standard InChI is InChI=1S/C18H30N4O2/c1-13(2)16(21-17(23)15-7-5-4-6-8-15)18(24)20-14(3)11-22-10-9-19-12-22/h9-10,12-16H,4-8,11H2,1-3H3,(H,20,24)(H,21,23)/t14-,16+/m1/s1. The van der Waals surface area contributed by atoms with Crippen LogP contribution in [0.25, 0.3) is 0 Å². The maximum Gasteiger partial charge on any atom is 0.243 e. The van der Waals surface area contributed by atoms with Gasteiger partial charge in [0.05, 0.1) is 6.33 Å². The molecule has 0 unspecified atom stereocenters. The monoisotopic (exact) mass is 334 g/mol. The molecule has 1 aliphatic rings. The van der Waals surface area contributed by atoms with E-state index in [2.05, 4.69) is 15.6 Å². The Bertz CT molecular complexity index is 521. The molecule has 2 rings (SSSR count). The molecule has 134 valence electrons. The number of aromatic nitrogens is 2. The van der Waals surface area contributed by atoms with Crippen molar-refractivity contribution in [3.8, 4) is 0 Å². The maximum absolute atomic E-state index is 12.6. The quantitative estimate of drug-likeness (QED) is 0.802. The molecule has 1 heterocycles. The number of rotatable bonds is 7. The molecular formula is C18H30N4O2. The van der Waals surface area contributed by atoms with Gasteiger partial charge in [-0.3, -0.25) is 9.59 Å². The van der Waals surface area contributed by atoms with E-state index in [0.717, 1.165) is 25.7 Å². The Labute approximate surface area is 144 Å². The smallest absolute Gasteiger partial charge is 0.243 e. The molecule has 1 fully saturated rings. The summed E-state index contributed by atoms with van der Waals surface area (Å²) in [6.07, 6.45) is 10.6. The lowest BCUT2D eigenvalue weighted by Crippen LogP contribution is -2.53. The highest BCUT2D eigenvalue weighted by atomic mass is 16.2. The van der Waals surface area contributed by atoms with Crippen molar-refractivity contribution in [2.75, 3.05) is 0 Å². The molecule has 0 aliphatic heterocycles. The SMILES string of the molecule is CC(C)[C@H](NC(=O)C1CCCCC1)C(=O)N[C@H](C)Cn1ccnc1. The third-order valence-corrected chi connectivity index (χ3v) is 4.66. The molecule has 1 aromatic rings. The summed E-state index contributed by atoms with van der Waals surface area (Å²) in [5, 5.41) is 5.99. The van der Waals surface area contributed by atoms with Gasteiger partial charge in [0.1, 0.15) is 6.04 Å². The molecule has 1 aromatic heterocycles. The summed E-state index contributed by atoms with van der Waals surface area (Å²) in [6, 6.07) is -0.510. The van der Waals surface area contributed by atoms with Crippen molar-refractivity contribution in [3.05, 3.63) is 18.7 Å². The van der Waals surface area contributed by atoms with Gasteiger partial charge in [-0.1, -0.05) is 33.1 Å². The lowest BCUT2D eigenvalue weighted by atomic mass is 9.88. The van der Waals surface area contributed by atoms with Gasteiger partial charge in [-0.25, -0.2) is 4.98 Å². The van der Waals surface area contributed by atoms with Crippen molar-refractivity contribution < 1.29 is 9.59 Å². The second kappa shape index (κ2) is 8.85. The summed E-state index contributed by atoms with van der Waals surface area (Å²) in [7, 11) is 0. The zero-order chi connectivity index (χ0) is 17.5. The van der Waals surface area contributed by atoms with Gasteiger partial charge in [-0.15, -0.1) is 0 Å². The van der Waals surface area contributed by atoms with E-state index in [1.807, 2.05) is 31.5 Å². The minimum absolute atomic E-state index is 0.0282. The summed E-state index contributed by atoms with van der Waals surface area (Å²) in [4.78, 5) is 29.0. The number of hydrogen-bond acceptors (Lipinski definition) is 3. The van der Waals surface area contributed by atoms with Crippen LogP contribution >= 0.6 is 0 Å². The number of imidazole rings is 1. The van der Waals surface area contributed by atoms with Crippen LogP contribution in [0, 0.1) is 11.8 Å². The first kappa shape index (κ1) is 18.5. The predicted molar refractivity (Wildman–Crippen MR) is 93.2 cm³/mol. The van der Waals surface area contributed by atoms with Crippen LogP contribution in [0.1, 0.15) is 52.9 Å². The highest BCUT2D eigenvalue weighted by Crippen LogP contribution is 2.24. The highest BCUT2D eigenvalue weighted by Gasteiger charge is 2.29. The first-order chi connectivity index (χ1) is 11.5. The highest BCUT2D eigenvalue weighted by molar-refractivity contribution is 5.88. The Morgan fingerprint density at radius 2 is 1.88 bits per heavy atom. The Morgan fingerprint density at radius 3 is 2.46 bits per heavy atom. The molecule has 1 saturated carbocycles. The van der Waals surface area contributed by atoms with Crippen molar-refractivity contribution in [1.29, 1.82) is 0 Å². The van der Waals surface area contributed by atoms with Gasteiger partial charge < -0.3 is 15.2 Å². The minimum Gasteiger partial charge on any atom is -0.350 e. The van der Waals surface area contributed by atoms with E-state index >= 15 is 0 Å². The van der Waals surface area contributed by atoms with Crippen LogP contribution in [-0.2, 0) is 16.1 Å². The van der Waals surface area contributed by atoms with Gasteiger partial charge in [0.25, 0.3) is 0 Å². The van der Waals surface area contributed by atoms with Crippen LogP contribution in [-0.4, -0.2) is 33.4 Å². The van der Waals surface area contributed by atoms with E-state index in [4.69, 9.17) is 0 Å². The average molecular weight is 334 g/mol. The fourth-order valence-corrected chi connectivity index (χ4v) is 3.26. The van der Waals surface area contributed by atoms with Crippen molar-refractivity contribution in [2.24, 2.45) is 11.8 Å². The molecule has 6 nitrogen and oxygen atoms in total. The number of hydrogen-bond donors (Lipinski definition) is 2. The van der Waals surface area contributed by atoms with Crippen LogP contribution < -0.4 is 10.6 Å². The third-order valence-electron chi connectivity index (χ3n) is 4.66. The van der Waals surface area contributed by atoms with Crippen LogP contribution in [0.3, 0.4) is 0 Å². The number of amides is 2. The van der Waals surface area contributed by atoms with Crippen LogP contribution in [0.4, 0.5) is 0 Å². The molecule has 0 saturated heterocycles. The second-order valence-corrected chi connectivity index (χ2v) is 7.23. The van der Waals surface area contributed by atoms with E-state index < -0.39 is 6.04 Å². The zero-order valence-electron chi connectivity index (χ0n) is 15.0. The maximum atomic E-state index is 12.6. The first-order valence-corrected chi connectivity index (χ1v) is 9.04. The van der Waals surface area contributed by atoms with Gasteiger partial charge in [-0.05, 0) is 25.7 Å². The Balaban J connectivity index is 1.88. The molecule has 2 N–H and O–H groups in total. The first-order valence-electron chi connectivity index (χ1n) is 9.04. The number of carbonyl (C=O) groups excluding carboxylic acids is 2. The number of nitrogens with one attached hydrogen (secondary N) is 2. The van der Waals surface area contributed by atoms with E-state index in [-0.39, 0.29) is 29.7 Å². The zero-order valence-corrected chi connectivity index (χ0v) is 15.0. The van der Waals surface area contributed by atoms with Crippen molar-refractivity contribution in [2.45, 2.75) is 71.5 Å². The topological polar surface area (TPSA) is 76.0 Å². The third kappa shape index (κ3) is 5.35. The Morgan fingerprint density at radius 1 is 1.17 bits per heavy atom. The van der Waals surface area contributed by atoms with Crippen molar-refractivity contribution >= 4 is 11.8 Å². The molecule has 1 aliphatic carbocycles. The molecule has 0 bridgehead atoms. The molecule has 2 atom stereocenters. The van der Waals surface area contributed by atoms with Crippen molar-refractivity contribution in [3.63, 3.8) is 0 Å². The normalized spacial score (nSPS) is 18.2. The molecule has 0 radical (unpaired) electrons. The predicted octanol–water partition coefficient (Wildman–Crippen LogP) is 2.11. The lowest BCUT2D eigenvalue weighted by Gasteiger charge is -2.27. The van der Waals surface area contributed by atoms with E-state index in [1.165, 1.54) is 6.42 Å². The van der Waals surface area contributed by atoms with Crippen LogP contribution in [0.5, 0.6) is 0 Å². The van der Waals surface area contributed by atoms with Crippen LogP contribution in [0.2, 0.25) is 0 Å². The Hall–Kier alpha value is -1.85. The fraction of sp³-hybridized carbons (Fsp3) is 0.722. The second-order valence-electron chi connectivity index (χ2n) is 7.23. The van der Waals surface area contributed by atoms with Gasteiger partial charge >= 0.3 is 0 Å². The van der Waals surface area contributed by atoms with E-state index in [0.29, 0.717) is 6.54 Å². The summed E-state index contributed by atoms with van der Waals surface area (Å²) in [6.45, 7) is 6.54. The largest absolute Gasteiger partial charge is 0.350 e. The summed E-state index contributed by atoms with van der Waals surface area (Å²) in [5.41, 5.74) is 0. The Kier molecular flexibility index (Phi) is 6.82. The van der Waals surface area contributed by atoms with Gasteiger partial charge in [0.15, 0.2) is 0 Å².